The third kappa shape index (κ3) is 5.95. The Balaban J connectivity index is 1.26. The first-order chi connectivity index (χ1) is 18.0. The molecule has 0 saturated heterocycles. The molecule has 1 saturated carbocycles. The van der Waals surface area contributed by atoms with Crippen molar-refractivity contribution in [2.45, 2.75) is 18.9 Å². The summed E-state index contributed by atoms with van der Waals surface area (Å²) in [6.45, 7) is 0.0418. The van der Waals surface area contributed by atoms with Crippen molar-refractivity contribution < 1.29 is 23.5 Å². The van der Waals surface area contributed by atoms with E-state index >= 15 is 0 Å². The molecule has 188 valence electrons. The fourth-order valence-electron chi connectivity index (χ4n) is 3.76. The molecule has 0 spiro atoms. The van der Waals surface area contributed by atoms with Gasteiger partial charge in [-0.2, -0.15) is 0 Å². The average Bonchev–Trinajstić information content (AvgIpc) is 3.73. The van der Waals surface area contributed by atoms with E-state index in [1.807, 2.05) is 0 Å². The monoisotopic (exact) mass is 500 g/mol. The second-order valence-electron chi connectivity index (χ2n) is 8.66. The fraction of sp³-hybridized carbons (Fsp3) is 0.179. The number of nitrogens with zero attached hydrogens (tertiary/aromatic N) is 1. The number of fused-ring (bicyclic) bond motifs is 1. The summed E-state index contributed by atoms with van der Waals surface area (Å²) < 4.78 is 24.6. The number of hydrogen-bond donors (Lipinski definition) is 3. The molecule has 0 bridgehead atoms. The summed E-state index contributed by atoms with van der Waals surface area (Å²) in [5.41, 5.74) is 2.32. The van der Waals surface area contributed by atoms with Gasteiger partial charge >= 0.3 is 0 Å². The lowest BCUT2D eigenvalue weighted by molar-refractivity contribution is -0.114. The molecule has 37 heavy (non-hydrogen) atoms. The van der Waals surface area contributed by atoms with Crippen LogP contribution in [-0.2, 0) is 4.79 Å². The zero-order valence-electron chi connectivity index (χ0n) is 20.1. The molecule has 8 nitrogen and oxygen atoms in total. The molecular formula is C28H25FN4O4. The predicted molar refractivity (Wildman–Crippen MR) is 139 cm³/mol. The summed E-state index contributed by atoms with van der Waals surface area (Å²) in [6, 6.07) is 18.1. The third-order valence-corrected chi connectivity index (χ3v) is 5.84. The van der Waals surface area contributed by atoms with E-state index in [9.17, 15) is 14.0 Å². The van der Waals surface area contributed by atoms with Gasteiger partial charge in [0.25, 0.3) is 5.91 Å². The summed E-state index contributed by atoms with van der Waals surface area (Å²) in [4.78, 5) is 29.3. The van der Waals surface area contributed by atoms with E-state index in [4.69, 9.17) is 9.47 Å². The standard InChI is InChI=1S/C28H25FN4O4/c1-36-26-15-24-22(14-23(26)28(35)33-20-6-7-20)25(12-13-30-24)37-21-10-8-18(9-11-21)31-16-27(34)32-19-4-2-17(29)3-5-19/h2-5,8-15,20,31H,6-7,16H2,1H3,(H,32,34)(H,33,35). The van der Waals surface area contributed by atoms with Crippen LogP contribution in [0.25, 0.3) is 10.9 Å². The van der Waals surface area contributed by atoms with Crippen molar-refractivity contribution in [2.75, 3.05) is 24.3 Å². The maximum Gasteiger partial charge on any atom is 0.255 e. The molecule has 0 aliphatic heterocycles. The quantitative estimate of drug-likeness (QED) is 0.295. The zero-order valence-corrected chi connectivity index (χ0v) is 20.1. The molecule has 0 atom stereocenters. The Morgan fingerprint density at radius 2 is 1.70 bits per heavy atom. The summed E-state index contributed by atoms with van der Waals surface area (Å²) in [6.07, 6.45) is 3.61. The lowest BCUT2D eigenvalue weighted by atomic mass is 10.1. The normalized spacial score (nSPS) is 12.6. The highest BCUT2D eigenvalue weighted by Gasteiger charge is 2.26. The lowest BCUT2D eigenvalue weighted by Gasteiger charge is -2.13. The van der Waals surface area contributed by atoms with Gasteiger partial charge in [-0.1, -0.05) is 0 Å². The summed E-state index contributed by atoms with van der Waals surface area (Å²) in [5.74, 6) is 0.773. The Kier molecular flexibility index (Phi) is 6.85. The molecule has 1 aliphatic carbocycles. The molecule has 0 radical (unpaired) electrons. The van der Waals surface area contributed by atoms with Gasteiger partial charge in [-0.15, -0.1) is 0 Å². The minimum atomic E-state index is -0.363. The highest BCUT2D eigenvalue weighted by Crippen LogP contribution is 2.34. The van der Waals surface area contributed by atoms with Crippen molar-refractivity contribution in [3.05, 3.63) is 84.3 Å². The van der Waals surface area contributed by atoms with Crippen LogP contribution in [0.4, 0.5) is 15.8 Å². The van der Waals surface area contributed by atoms with Gasteiger partial charge in [0.15, 0.2) is 0 Å². The van der Waals surface area contributed by atoms with Crippen molar-refractivity contribution in [1.29, 1.82) is 0 Å². The number of ether oxygens (including phenoxy) is 2. The number of carbonyl (C=O) groups excluding carboxylic acids is 2. The second kappa shape index (κ2) is 10.5. The van der Waals surface area contributed by atoms with Crippen molar-refractivity contribution >= 4 is 34.1 Å². The van der Waals surface area contributed by atoms with E-state index in [2.05, 4.69) is 20.9 Å². The van der Waals surface area contributed by atoms with Crippen LogP contribution in [0, 0.1) is 5.82 Å². The molecule has 5 rings (SSSR count). The Hall–Kier alpha value is -4.66. The van der Waals surface area contributed by atoms with Crippen molar-refractivity contribution in [1.82, 2.24) is 10.3 Å². The predicted octanol–water partition coefficient (Wildman–Crippen LogP) is 5.12. The van der Waals surface area contributed by atoms with E-state index in [0.717, 1.165) is 18.5 Å². The largest absolute Gasteiger partial charge is 0.496 e. The van der Waals surface area contributed by atoms with E-state index < -0.39 is 0 Å². The molecule has 9 heteroatoms. The highest BCUT2D eigenvalue weighted by molar-refractivity contribution is 6.02. The average molecular weight is 501 g/mol. The number of rotatable bonds is 9. The second-order valence-corrected chi connectivity index (χ2v) is 8.66. The first kappa shape index (κ1) is 24.1. The van der Waals surface area contributed by atoms with E-state index in [1.54, 1.807) is 48.7 Å². The molecule has 3 N–H and O–H groups in total. The molecule has 1 aliphatic rings. The minimum absolute atomic E-state index is 0.0418. The Morgan fingerprint density at radius 1 is 0.973 bits per heavy atom. The molecule has 4 aromatic rings. The van der Waals surface area contributed by atoms with E-state index in [1.165, 1.54) is 31.4 Å². The van der Waals surface area contributed by atoms with Crippen molar-refractivity contribution in [3.8, 4) is 17.2 Å². The first-order valence-corrected chi connectivity index (χ1v) is 11.8. The lowest BCUT2D eigenvalue weighted by Crippen LogP contribution is -2.25. The Labute approximate surface area is 212 Å². The minimum Gasteiger partial charge on any atom is -0.496 e. The van der Waals surface area contributed by atoms with Crippen LogP contribution < -0.4 is 25.4 Å². The van der Waals surface area contributed by atoms with Gasteiger partial charge in [0.2, 0.25) is 5.91 Å². The zero-order chi connectivity index (χ0) is 25.8. The van der Waals surface area contributed by atoms with Gasteiger partial charge in [-0.05, 0) is 73.5 Å². The molecule has 1 fully saturated rings. The molecule has 1 heterocycles. The number of hydrogen-bond acceptors (Lipinski definition) is 6. The van der Waals surface area contributed by atoms with Crippen LogP contribution in [0.15, 0.2) is 72.9 Å². The maximum absolute atomic E-state index is 13.0. The van der Waals surface area contributed by atoms with Crippen molar-refractivity contribution in [2.24, 2.45) is 0 Å². The van der Waals surface area contributed by atoms with Crippen molar-refractivity contribution in [3.63, 3.8) is 0 Å². The smallest absolute Gasteiger partial charge is 0.255 e. The topological polar surface area (TPSA) is 102 Å². The number of methoxy groups -OCH3 is 1. The van der Waals surface area contributed by atoms with Crippen LogP contribution in [-0.4, -0.2) is 36.5 Å². The number of nitrogens with one attached hydrogen (secondary N) is 3. The SMILES string of the molecule is COc1cc2nccc(Oc3ccc(NCC(=O)Nc4ccc(F)cc4)cc3)c2cc1C(=O)NC1CC1. The molecular weight excluding hydrogens is 475 g/mol. The van der Waals surface area contributed by atoms with Gasteiger partial charge in [0, 0.05) is 35.1 Å². The number of benzene rings is 3. The number of aromatic nitrogens is 1. The van der Waals surface area contributed by atoms with Gasteiger partial charge in [0.05, 0.1) is 24.7 Å². The van der Waals surface area contributed by atoms with Crippen LogP contribution in [0.3, 0.4) is 0 Å². The molecule has 2 amide bonds. The molecule has 1 aromatic heterocycles. The molecule has 3 aromatic carbocycles. The van der Waals surface area contributed by atoms with Gasteiger partial charge in [0.1, 0.15) is 23.1 Å². The Bertz CT molecular complexity index is 1440. The number of halogens is 1. The maximum atomic E-state index is 13.0. The van der Waals surface area contributed by atoms with Crippen LogP contribution in [0.2, 0.25) is 0 Å². The summed E-state index contributed by atoms with van der Waals surface area (Å²) >= 11 is 0. The first-order valence-electron chi connectivity index (χ1n) is 11.8. The molecule has 0 unspecified atom stereocenters. The van der Waals surface area contributed by atoms with E-state index in [0.29, 0.717) is 39.4 Å². The van der Waals surface area contributed by atoms with Crippen LogP contribution >= 0.6 is 0 Å². The van der Waals surface area contributed by atoms with Gasteiger partial charge in [-0.25, -0.2) is 4.39 Å². The number of anilines is 2. The van der Waals surface area contributed by atoms with Crippen LogP contribution in [0.1, 0.15) is 23.2 Å². The number of carbonyl (C=O) groups is 2. The highest BCUT2D eigenvalue weighted by atomic mass is 19.1. The van der Waals surface area contributed by atoms with Crippen LogP contribution in [0.5, 0.6) is 17.2 Å². The summed E-state index contributed by atoms with van der Waals surface area (Å²) in [7, 11) is 1.53. The third-order valence-electron chi connectivity index (χ3n) is 5.84. The Morgan fingerprint density at radius 3 is 2.41 bits per heavy atom. The van der Waals surface area contributed by atoms with Gasteiger partial charge in [-0.3, -0.25) is 14.6 Å². The van der Waals surface area contributed by atoms with Gasteiger partial charge < -0.3 is 25.4 Å². The summed E-state index contributed by atoms with van der Waals surface area (Å²) in [5, 5.41) is 9.41. The number of pyridine rings is 1. The van der Waals surface area contributed by atoms with E-state index in [-0.39, 0.29) is 30.2 Å². The fourth-order valence-corrected chi connectivity index (χ4v) is 3.76. The number of amides is 2.